The summed E-state index contributed by atoms with van der Waals surface area (Å²) in [6, 6.07) is 3.90. The van der Waals surface area contributed by atoms with E-state index in [4.69, 9.17) is 22.1 Å². The zero-order valence-corrected chi connectivity index (χ0v) is 14.3. The molecule has 0 aliphatic rings. The van der Waals surface area contributed by atoms with Crippen LogP contribution in [-0.4, -0.2) is 37.7 Å². The summed E-state index contributed by atoms with van der Waals surface area (Å²) in [5.74, 6) is -0.521. The third-order valence-corrected chi connectivity index (χ3v) is 3.76. The van der Waals surface area contributed by atoms with Crippen LogP contribution in [0.2, 0.25) is 5.02 Å². The Balaban J connectivity index is 1.91. The summed E-state index contributed by atoms with van der Waals surface area (Å²) in [4.78, 5) is 0. The molecule has 0 atom stereocenters. The van der Waals surface area contributed by atoms with E-state index in [1.165, 1.54) is 12.1 Å². The van der Waals surface area contributed by atoms with E-state index in [0.717, 1.165) is 6.07 Å². The fraction of sp³-hybridized carbons (Fsp3) is 0.250. The van der Waals surface area contributed by atoms with Gasteiger partial charge in [0.2, 0.25) is 5.82 Å². The highest BCUT2D eigenvalue weighted by Gasteiger charge is 2.15. The molecule has 2 rings (SSSR count). The molecule has 1 aromatic carbocycles. The summed E-state index contributed by atoms with van der Waals surface area (Å²) in [5.41, 5.74) is 0.488. The molecule has 6 N–H and O–H groups in total. The summed E-state index contributed by atoms with van der Waals surface area (Å²) >= 11 is 5.68. The first-order valence-corrected chi connectivity index (χ1v) is 8.83. The minimum atomic E-state index is -3.73. The van der Waals surface area contributed by atoms with Crippen molar-refractivity contribution >= 4 is 39.2 Å². The topological polar surface area (TPSA) is 159 Å². The molecule has 0 radical (unpaired) electrons. The number of hydrogen-bond donors (Lipinski definition) is 5. The van der Waals surface area contributed by atoms with Crippen molar-refractivity contribution in [2.75, 3.05) is 23.7 Å². The van der Waals surface area contributed by atoms with Gasteiger partial charge in [-0.3, -0.25) is 5.41 Å². The van der Waals surface area contributed by atoms with E-state index in [0.29, 0.717) is 18.7 Å². The number of hydrogen-bond acceptors (Lipinski definition) is 7. The maximum Gasteiger partial charge on any atom is 0.274 e. The maximum atomic E-state index is 13.1. The molecule has 0 aliphatic heterocycles. The lowest BCUT2D eigenvalue weighted by atomic mass is 10.3. The molecule has 0 unspecified atom stereocenters. The van der Waals surface area contributed by atoms with Crippen molar-refractivity contribution in [3.05, 3.63) is 34.7 Å². The Hall–Kier alpha value is -2.28. The quantitative estimate of drug-likeness (QED) is 0.254. The van der Waals surface area contributed by atoms with Crippen LogP contribution in [0.15, 0.2) is 22.8 Å². The summed E-state index contributed by atoms with van der Waals surface area (Å²) < 4.78 is 41.3. The van der Waals surface area contributed by atoms with Crippen LogP contribution in [0.3, 0.4) is 0 Å². The SMILES string of the molecule is N=C(Nc1ccc(F)c(Cl)c1)c1nonc1NCCCNS(N)(=O)=O. The number of rotatable bonds is 8. The molecule has 13 heteroatoms. The van der Waals surface area contributed by atoms with Crippen molar-refractivity contribution in [2.45, 2.75) is 6.42 Å². The van der Waals surface area contributed by atoms with Crippen LogP contribution >= 0.6 is 11.6 Å². The number of anilines is 2. The summed E-state index contributed by atoms with van der Waals surface area (Å²) in [7, 11) is -3.73. The third-order valence-electron chi connectivity index (χ3n) is 2.86. The number of amidine groups is 1. The van der Waals surface area contributed by atoms with Gasteiger partial charge in [-0.2, -0.15) is 8.42 Å². The monoisotopic (exact) mass is 391 g/mol. The molecular formula is C12H15ClFN7O3S. The number of halogens is 2. The molecule has 0 saturated carbocycles. The second-order valence-corrected chi connectivity index (χ2v) is 6.60. The standard InChI is InChI=1S/C12H15ClFN7O3S/c13-8-6-7(2-3-9(8)14)19-11(15)10-12(21-24-20-10)17-4-1-5-18-25(16,22)23/h2-3,6,18H,1,4-5H2,(H2,15,19)(H,17,21)(H2,16,22,23). The lowest BCUT2D eigenvalue weighted by Crippen LogP contribution is -2.32. The lowest BCUT2D eigenvalue weighted by molar-refractivity contribution is 0.307. The molecule has 0 bridgehead atoms. The van der Waals surface area contributed by atoms with Gasteiger partial charge in [0, 0.05) is 18.8 Å². The van der Waals surface area contributed by atoms with Gasteiger partial charge >= 0.3 is 0 Å². The average molecular weight is 392 g/mol. The Kier molecular flexibility index (Phi) is 6.25. The van der Waals surface area contributed by atoms with Crippen LogP contribution in [-0.2, 0) is 10.2 Å². The van der Waals surface area contributed by atoms with Gasteiger partial charge < -0.3 is 10.6 Å². The van der Waals surface area contributed by atoms with E-state index in [-0.39, 0.29) is 28.9 Å². The van der Waals surface area contributed by atoms with Crippen LogP contribution in [0, 0.1) is 11.2 Å². The Labute approximate surface area is 147 Å². The summed E-state index contributed by atoms with van der Waals surface area (Å²) in [5, 5.41) is 25.5. The Morgan fingerprint density at radius 2 is 2.12 bits per heavy atom. The number of benzene rings is 1. The van der Waals surface area contributed by atoms with Crippen LogP contribution in [0.25, 0.3) is 0 Å². The van der Waals surface area contributed by atoms with Crippen molar-refractivity contribution in [2.24, 2.45) is 5.14 Å². The summed E-state index contributed by atoms with van der Waals surface area (Å²) in [6.07, 6.45) is 0.414. The predicted octanol–water partition coefficient (Wildman–Crippen LogP) is 0.895. The minimum Gasteiger partial charge on any atom is -0.365 e. The maximum absolute atomic E-state index is 13.1. The van der Waals surface area contributed by atoms with Gasteiger partial charge in [0.15, 0.2) is 11.5 Å². The highest BCUT2D eigenvalue weighted by atomic mass is 35.5. The van der Waals surface area contributed by atoms with Gasteiger partial charge in [0.1, 0.15) is 5.82 Å². The zero-order valence-electron chi connectivity index (χ0n) is 12.7. The predicted molar refractivity (Wildman–Crippen MR) is 90.4 cm³/mol. The number of nitrogens with zero attached hydrogens (tertiary/aromatic N) is 2. The number of nitrogens with one attached hydrogen (secondary N) is 4. The molecule has 1 heterocycles. The molecule has 136 valence electrons. The van der Waals surface area contributed by atoms with Crippen molar-refractivity contribution in [1.29, 1.82) is 5.41 Å². The molecule has 25 heavy (non-hydrogen) atoms. The van der Waals surface area contributed by atoms with E-state index in [2.05, 4.69) is 30.3 Å². The van der Waals surface area contributed by atoms with Crippen LogP contribution < -0.4 is 20.5 Å². The molecule has 0 aliphatic carbocycles. The molecule has 10 nitrogen and oxygen atoms in total. The van der Waals surface area contributed by atoms with E-state index >= 15 is 0 Å². The van der Waals surface area contributed by atoms with E-state index in [1.54, 1.807) is 0 Å². The van der Waals surface area contributed by atoms with E-state index in [1.807, 2.05) is 0 Å². The highest BCUT2D eigenvalue weighted by Crippen LogP contribution is 2.20. The molecule has 0 amide bonds. The van der Waals surface area contributed by atoms with Gasteiger partial charge in [0.05, 0.1) is 5.02 Å². The third kappa shape index (κ3) is 5.94. The van der Waals surface area contributed by atoms with Crippen molar-refractivity contribution in [3.8, 4) is 0 Å². The highest BCUT2D eigenvalue weighted by molar-refractivity contribution is 7.87. The number of aromatic nitrogens is 2. The second kappa shape index (κ2) is 8.20. The fourth-order valence-electron chi connectivity index (χ4n) is 1.76. The first-order valence-electron chi connectivity index (χ1n) is 6.91. The Bertz CT molecular complexity index is 858. The fourth-order valence-corrected chi connectivity index (χ4v) is 2.37. The first-order chi connectivity index (χ1) is 11.8. The molecule has 1 aromatic heterocycles. The lowest BCUT2D eigenvalue weighted by Gasteiger charge is -2.08. The molecule has 0 fully saturated rings. The largest absolute Gasteiger partial charge is 0.365 e. The van der Waals surface area contributed by atoms with Gasteiger partial charge in [-0.1, -0.05) is 11.6 Å². The van der Waals surface area contributed by atoms with Crippen molar-refractivity contribution in [3.63, 3.8) is 0 Å². The van der Waals surface area contributed by atoms with Crippen LogP contribution in [0.1, 0.15) is 12.1 Å². The van der Waals surface area contributed by atoms with Gasteiger partial charge in [-0.25, -0.2) is 18.9 Å². The normalized spacial score (nSPS) is 11.3. The Morgan fingerprint density at radius 3 is 2.80 bits per heavy atom. The van der Waals surface area contributed by atoms with E-state index in [9.17, 15) is 12.8 Å². The molecular weight excluding hydrogens is 377 g/mol. The van der Waals surface area contributed by atoms with Crippen LogP contribution in [0.4, 0.5) is 15.9 Å². The molecule has 0 saturated heterocycles. The van der Waals surface area contributed by atoms with Gasteiger partial charge in [-0.15, -0.1) is 0 Å². The minimum absolute atomic E-state index is 0.0863. The average Bonchev–Trinajstić information content (AvgIpc) is 2.98. The van der Waals surface area contributed by atoms with E-state index < -0.39 is 16.0 Å². The first kappa shape index (κ1) is 19.1. The Morgan fingerprint density at radius 1 is 1.36 bits per heavy atom. The molecule has 2 aromatic rings. The zero-order chi connectivity index (χ0) is 18.4. The van der Waals surface area contributed by atoms with Crippen molar-refractivity contribution < 1.29 is 17.4 Å². The van der Waals surface area contributed by atoms with Gasteiger partial charge in [0.25, 0.3) is 10.2 Å². The van der Waals surface area contributed by atoms with Crippen LogP contribution in [0.5, 0.6) is 0 Å². The smallest absolute Gasteiger partial charge is 0.274 e. The van der Waals surface area contributed by atoms with Crippen molar-refractivity contribution in [1.82, 2.24) is 15.0 Å². The molecule has 0 spiro atoms. The summed E-state index contributed by atoms with van der Waals surface area (Å²) in [6.45, 7) is 0.468. The number of nitrogens with two attached hydrogens (primary N) is 1. The second-order valence-electron chi connectivity index (χ2n) is 4.81. The van der Waals surface area contributed by atoms with Gasteiger partial charge in [-0.05, 0) is 34.9 Å².